The predicted octanol–water partition coefficient (Wildman–Crippen LogP) is 2.51. The molecule has 0 aliphatic carbocycles. The van der Waals surface area contributed by atoms with E-state index in [-0.39, 0.29) is 6.42 Å². The zero-order valence-corrected chi connectivity index (χ0v) is 9.41. The molecule has 6 heteroatoms. The van der Waals surface area contributed by atoms with Crippen LogP contribution in [-0.4, -0.2) is 22.4 Å². The fraction of sp³-hybridized carbons (Fsp3) is 0.250. The number of hydrogen-bond acceptors (Lipinski definition) is 2. The van der Waals surface area contributed by atoms with Crippen LogP contribution in [0.3, 0.4) is 0 Å². The van der Waals surface area contributed by atoms with Gasteiger partial charge >= 0.3 is 6.18 Å². The molecule has 1 atom stereocenters. The van der Waals surface area contributed by atoms with Crippen molar-refractivity contribution in [3.63, 3.8) is 0 Å². The lowest BCUT2D eigenvalue weighted by molar-refractivity contribution is -0.147. The van der Waals surface area contributed by atoms with Crippen molar-refractivity contribution in [2.24, 2.45) is 5.73 Å². The fourth-order valence-electron chi connectivity index (χ4n) is 1.67. The van der Waals surface area contributed by atoms with Crippen LogP contribution >= 0.6 is 0 Å². The van der Waals surface area contributed by atoms with Crippen molar-refractivity contribution >= 4 is 0 Å². The minimum absolute atomic E-state index is 0.287. The first-order chi connectivity index (χ1) is 8.48. The smallest absolute Gasteiger partial charge is 0.320 e. The molecule has 2 aromatic rings. The summed E-state index contributed by atoms with van der Waals surface area (Å²) in [4.78, 5) is 0. The third kappa shape index (κ3) is 2.70. The summed E-state index contributed by atoms with van der Waals surface area (Å²) in [6.07, 6.45) is -3.30. The number of H-pyrrole nitrogens is 1. The van der Waals surface area contributed by atoms with Gasteiger partial charge in [-0.25, -0.2) is 0 Å². The summed E-state index contributed by atoms with van der Waals surface area (Å²) in [5.41, 5.74) is 6.96. The van der Waals surface area contributed by atoms with E-state index in [0.717, 1.165) is 5.56 Å². The van der Waals surface area contributed by atoms with Gasteiger partial charge in [0.15, 0.2) is 0 Å². The molecule has 1 aromatic carbocycles. The topological polar surface area (TPSA) is 54.7 Å². The van der Waals surface area contributed by atoms with Gasteiger partial charge in [-0.15, -0.1) is 0 Å². The fourth-order valence-corrected chi connectivity index (χ4v) is 1.67. The molecular weight excluding hydrogens is 243 g/mol. The van der Waals surface area contributed by atoms with Gasteiger partial charge < -0.3 is 5.73 Å². The molecule has 2 rings (SSSR count). The summed E-state index contributed by atoms with van der Waals surface area (Å²) < 4.78 is 37.3. The Morgan fingerprint density at radius 2 is 1.89 bits per heavy atom. The maximum Gasteiger partial charge on any atom is 0.403 e. The van der Waals surface area contributed by atoms with Crippen LogP contribution in [0.5, 0.6) is 0 Å². The van der Waals surface area contributed by atoms with Crippen LogP contribution in [0.15, 0.2) is 36.5 Å². The number of nitrogens with one attached hydrogen (secondary N) is 1. The van der Waals surface area contributed by atoms with Crippen molar-refractivity contribution in [2.45, 2.75) is 18.6 Å². The van der Waals surface area contributed by atoms with Crippen molar-refractivity contribution in [3.05, 3.63) is 42.1 Å². The molecule has 0 saturated heterocycles. The number of halogens is 3. The lowest BCUT2D eigenvalue weighted by Crippen LogP contribution is -2.39. The van der Waals surface area contributed by atoms with Crippen LogP contribution in [0, 0.1) is 0 Å². The van der Waals surface area contributed by atoms with E-state index in [1.165, 1.54) is 6.20 Å². The number of nitrogens with two attached hydrogens (primary N) is 1. The Morgan fingerprint density at radius 1 is 1.22 bits per heavy atom. The monoisotopic (exact) mass is 255 g/mol. The van der Waals surface area contributed by atoms with Crippen LogP contribution in [0.1, 0.15) is 5.56 Å². The number of benzene rings is 1. The Morgan fingerprint density at radius 3 is 2.50 bits per heavy atom. The van der Waals surface area contributed by atoms with Crippen LogP contribution in [0.2, 0.25) is 0 Å². The zero-order valence-electron chi connectivity index (χ0n) is 9.41. The van der Waals surface area contributed by atoms with Gasteiger partial charge in [-0.2, -0.15) is 18.3 Å². The Bertz CT molecular complexity index is 505. The summed E-state index contributed by atoms with van der Waals surface area (Å²) in [6, 6.07) is 7.18. The molecule has 1 unspecified atom stereocenters. The molecule has 0 bridgehead atoms. The van der Waals surface area contributed by atoms with Crippen molar-refractivity contribution in [2.75, 3.05) is 0 Å². The molecule has 0 saturated carbocycles. The Balaban J connectivity index is 2.24. The summed E-state index contributed by atoms with van der Waals surface area (Å²) in [5, 5.41) is 6.49. The van der Waals surface area contributed by atoms with E-state index < -0.39 is 12.2 Å². The minimum atomic E-state index is -4.40. The molecule has 96 valence electrons. The van der Waals surface area contributed by atoms with E-state index in [1.54, 1.807) is 12.1 Å². The highest BCUT2D eigenvalue weighted by molar-refractivity contribution is 5.62. The number of alkyl halides is 3. The first-order valence-corrected chi connectivity index (χ1v) is 5.38. The van der Waals surface area contributed by atoms with Crippen LogP contribution in [0.25, 0.3) is 11.3 Å². The Labute approximate surface area is 102 Å². The first-order valence-electron chi connectivity index (χ1n) is 5.38. The molecule has 0 aliphatic rings. The number of hydrogen-bond donors (Lipinski definition) is 2. The van der Waals surface area contributed by atoms with Crippen molar-refractivity contribution < 1.29 is 13.2 Å². The largest absolute Gasteiger partial charge is 0.403 e. The third-order valence-corrected chi connectivity index (χ3v) is 2.64. The van der Waals surface area contributed by atoms with Gasteiger partial charge in [-0.1, -0.05) is 30.3 Å². The molecular formula is C12H12F3N3. The molecule has 0 spiro atoms. The maximum absolute atomic E-state index is 12.4. The average Bonchev–Trinajstić information content (AvgIpc) is 2.77. The van der Waals surface area contributed by atoms with Gasteiger partial charge in [0.2, 0.25) is 0 Å². The zero-order chi connectivity index (χ0) is 13.2. The molecule has 3 N–H and O–H groups in total. The molecule has 18 heavy (non-hydrogen) atoms. The molecule has 1 aromatic heterocycles. The Kier molecular flexibility index (Phi) is 3.38. The lowest BCUT2D eigenvalue weighted by atomic mass is 10.0. The molecule has 0 radical (unpaired) electrons. The van der Waals surface area contributed by atoms with E-state index in [0.29, 0.717) is 11.3 Å². The normalized spacial score (nSPS) is 13.6. The summed E-state index contributed by atoms with van der Waals surface area (Å²) in [6.45, 7) is 0. The highest BCUT2D eigenvalue weighted by Crippen LogP contribution is 2.26. The van der Waals surface area contributed by atoms with E-state index in [2.05, 4.69) is 10.2 Å². The molecule has 0 aliphatic heterocycles. The van der Waals surface area contributed by atoms with E-state index in [4.69, 9.17) is 5.73 Å². The number of aromatic nitrogens is 2. The van der Waals surface area contributed by atoms with Gasteiger partial charge in [0.05, 0.1) is 11.9 Å². The van der Waals surface area contributed by atoms with Gasteiger partial charge in [-0.3, -0.25) is 5.10 Å². The van der Waals surface area contributed by atoms with E-state index in [1.807, 2.05) is 18.2 Å². The second-order valence-corrected chi connectivity index (χ2v) is 3.99. The SMILES string of the molecule is NC(Cc1cn[nH]c1-c1ccccc1)C(F)(F)F. The van der Waals surface area contributed by atoms with E-state index >= 15 is 0 Å². The molecule has 0 amide bonds. The second-order valence-electron chi connectivity index (χ2n) is 3.99. The van der Waals surface area contributed by atoms with Crippen molar-refractivity contribution in [1.29, 1.82) is 0 Å². The van der Waals surface area contributed by atoms with Gasteiger partial charge in [-0.05, 0) is 11.1 Å². The van der Waals surface area contributed by atoms with E-state index in [9.17, 15) is 13.2 Å². The lowest BCUT2D eigenvalue weighted by Gasteiger charge is -2.15. The summed E-state index contributed by atoms with van der Waals surface area (Å²) >= 11 is 0. The van der Waals surface area contributed by atoms with Crippen molar-refractivity contribution in [1.82, 2.24) is 10.2 Å². The molecule has 0 fully saturated rings. The number of nitrogens with zero attached hydrogens (tertiary/aromatic N) is 1. The third-order valence-electron chi connectivity index (χ3n) is 2.64. The van der Waals surface area contributed by atoms with Crippen LogP contribution in [0.4, 0.5) is 13.2 Å². The summed E-state index contributed by atoms with van der Waals surface area (Å²) in [7, 11) is 0. The highest BCUT2D eigenvalue weighted by atomic mass is 19.4. The minimum Gasteiger partial charge on any atom is -0.320 e. The summed E-state index contributed by atoms with van der Waals surface area (Å²) in [5.74, 6) is 0. The van der Waals surface area contributed by atoms with Crippen LogP contribution < -0.4 is 5.73 Å². The van der Waals surface area contributed by atoms with Gasteiger partial charge in [0.25, 0.3) is 0 Å². The quantitative estimate of drug-likeness (QED) is 0.885. The maximum atomic E-state index is 12.4. The van der Waals surface area contributed by atoms with Gasteiger partial charge in [0.1, 0.15) is 6.04 Å². The molecule has 1 heterocycles. The predicted molar refractivity (Wildman–Crippen MR) is 61.8 cm³/mol. The van der Waals surface area contributed by atoms with Crippen LogP contribution in [-0.2, 0) is 6.42 Å². The number of aromatic amines is 1. The molecule has 3 nitrogen and oxygen atoms in total. The first kappa shape index (κ1) is 12.6. The standard InChI is InChI=1S/C12H12F3N3/c13-12(14,15)10(16)6-9-7-17-18-11(9)8-4-2-1-3-5-8/h1-5,7,10H,6,16H2,(H,17,18). The van der Waals surface area contributed by atoms with Crippen molar-refractivity contribution in [3.8, 4) is 11.3 Å². The average molecular weight is 255 g/mol. The second kappa shape index (κ2) is 4.81. The highest BCUT2D eigenvalue weighted by Gasteiger charge is 2.37. The van der Waals surface area contributed by atoms with Gasteiger partial charge in [0, 0.05) is 6.42 Å². The Hall–Kier alpha value is -1.82. The number of rotatable bonds is 3.